The molecule has 28 heavy (non-hydrogen) atoms. The van der Waals surface area contributed by atoms with Gasteiger partial charge in [0, 0.05) is 0 Å². The predicted molar refractivity (Wildman–Crippen MR) is 97.0 cm³/mol. The lowest BCUT2D eigenvalue weighted by Gasteiger charge is -2.21. The summed E-state index contributed by atoms with van der Waals surface area (Å²) in [6.45, 7) is 4.05. The van der Waals surface area contributed by atoms with Crippen LogP contribution >= 0.6 is 0 Å². The number of hydrogen-bond donors (Lipinski definition) is 2. The Labute approximate surface area is 159 Å². The molecule has 0 bridgehead atoms. The maximum atomic E-state index is 12.7. The number of ketones is 1. The second-order valence-electron chi connectivity index (χ2n) is 6.35. The van der Waals surface area contributed by atoms with E-state index in [1.54, 1.807) is 12.1 Å². The number of nitrogens with one attached hydrogen (secondary N) is 1. The standard InChI is InChI=1S/C19H17N3O6/c1-8(22-18(26)11-6-4-5-7-12(11)19(22)27)16(25)21-17-14(15(20)24)13(9(2)23)10(3)28-17/h4-8H,1-3H3,(H2,20,24)(H,21,25). The molecule has 2 aromatic rings. The van der Waals surface area contributed by atoms with E-state index in [1.807, 2.05) is 0 Å². The Hall–Kier alpha value is -3.75. The molecule has 0 spiro atoms. The predicted octanol–water partition coefficient (Wildman–Crippen LogP) is 1.51. The lowest BCUT2D eigenvalue weighted by molar-refractivity contribution is -0.119. The summed E-state index contributed by atoms with van der Waals surface area (Å²) >= 11 is 0. The summed E-state index contributed by atoms with van der Waals surface area (Å²) in [7, 11) is 0. The molecule has 4 amide bonds. The molecule has 9 heteroatoms. The van der Waals surface area contributed by atoms with Gasteiger partial charge < -0.3 is 10.2 Å². The molecule has 0 fully saturated rings. The van der Waals surface area contributed by atoms with Gasteiger partial charge in [0.2, 0.25) is 11.8 Å². The van der Waals surface area contributed by atoms with Crippen LogP contribution in [0.4, 0.5) is 5.88 Å². The van der Waals surface area contributed by atoms with Gasteiger partial charge in [-0.25, -0.2) is 0 Å². The Kier molecular flexibility index (Phi) is 4.60. The largest absolute Gasteiger partial charge is 0.444 e. The monoisotopic (exact) mass is 383 g/mol. The van der Waals surface area contributed by atoms with Crippen molar-refractivity contribution in [2.45, 2.75) is 26.8 Å². The van der Waals surface area contributed by atoms with Gasteiger partial charge >= 0.3 is 0 Å². The van der Waals surface area contributed by atoms with Gasteiger partial charge in [0.05, 0.1) is 16.7 Å². The Bertz CT molecular complexity index is 1020. The number of nitrogens with two attached hydrogens (primary N) is 1. The molecule has 3 rings (SSSR count). The van der Waals surface area contributed by atoms with E-state index in [1.165, 1.54) is 32.9 Å². The van der Waals surface area contributed by atoms with Gasteiger partial charge in [-0.05, 0) is 32.9 Å². The van der Waals surface area contributed by atoms with Crippen molar-refractivity contribution in [3.63, 3.8) is 0 Å². The van der Waals surface area contributed by atoms with Crippen molar-refractivity contribution >= 4 is 35.3 Å². The molecule has 1 aromatic heterocycles. The van der Waals surface area contributed by atoms with Crippen LogP contribution < -0.4 is 11.1 Å². The second-order valence-corrected chi connectivity index (χ2v) is 6.35. The third-order valence-electron chi connectivity index (χ3n) is 4.51. The van der Waals surface area contributed by atoms with Crippen LogP contribution in [0, 0.1) is 6.92 Å². The van der Waals surface area contributed by atoms with Crippen molar-refractivity contribution in [2.24, 2.45) is 5.73 Å². The van der Waals surface area contributed by atoms with Crippen molar-refractivity contribution in [1.29, 1.82) is 0 Å². The zero-order valence-corrected chi connectivity index (χ0v) is 15.4. The number of amides is 4. The van der Waals surface area contributed by atoms with Crippen LogP contribution in [0.15, 0.2) is 28.7 Å². The van der Waals surface area contributed by atoms with E-state index in [2.05, 4.69) is 5.32 Å². The van der Waals surface area contributed by atoms with Crippen molar-refractivity contribution in [2.75, 3.05) is 5.32 Å². The highest BCUT2D eigenvalue weighted by molar-refractivity contribution is 6.23. The number of furan rings is 1. The maximum Gasteiger partial charge on any atom is 0.262 e. The summed E-state index contributed by atoms with van der Waals surface area (Å²) in [5, 5.41) is 2.35. The second kappa shape index (κ2) is 6.76. The third kappa shape index (κ3) is 2.86. The van der Waals surface area contributed by atoms with Crippen LogP contribution in [-0.2, 0) is 4.79 Å². The van der Waals surface area contributed by atoms with Crippen LogP contribution in [0.5, 0.6) is 0 Å². The number of fused-ring (bicyclic) bond motifs is 1. The van der Waals surface area contributed by atoms with Crippen LogP contribution in [0.1, 0.15) is 61.0 Å². The molecule has 1 aliphatic heterocycles. The number of anilines is 1. The minimum absolute atomic E-state index is 0.0313. The first kappa shape index (κ1) is 19.0. The van der Waals surface area contributed by atoms with Crippen molar-refractivity contribution in [3.8, 4) is 0 Å². The molecule has 0 radical (unpaired) electrons. The summed E-state index contributed by atoms with van der Waals surface area (Å²) < 4.78 is 5.33. The minimum Gasteiger partial charge on any atom is -0.444 e. The molecule has 144 valence electrons. The first-order valence-corrected chi connectivity index (χ1v) is 8.37. The normalized spacial score (nSPS) is 14.0. The summed E-state index contributed by atoms with van der Waals surface area (Å²) in [4.78, 5) is 62.0. The first-order valence-electron chi connectivity index (χ1n) is 8.37. The lowest BCUT2D eigenvalue weighted by atomic mass is 10.1. The fourth-order valence-corrected chi connectivity index (χ4v) is 3.18. The highest BCUT2D eigenvalue weighted by Crippen LogP contribution is 2.29. The molecule has 1 aromatic carbocycles. The molecule has 0 saturated carbocycles. The minimum atomic E-state index is -1.20. The number of primary amides is 1. The highest BCUT2D eigenvalue weighted by atomic mass is 16.4. The quantitative estimate of drug-likeness (QED) is 0.592. The van der Waals surface area contributed by atoms with Crippen LogP contribution in [0.3, 0.4) is 0 Å². The van der Waals surface area contributed by atoms with Crippen molar-refractivity contribution < 1.29 is 28.4 Å². The third-order valence-corrected chi connectivity index (χ3v) is 4.51. The van der Waals surface area contributed by atoms with Crippen LogP contribution in [0.2, 0.25) is 0 Å². The Balaban J connectivity index is 1.90. The van der Waals surface area contributed by atoms with Crippen LogP contribution in [0.25, 0.3) is 0 Å². The van der Waals surface area contributed by atoms with Crippen LogP contribution in [-0.4, -0.2) is 40.4 Å². The number of benzene rings is 1. The molecular formula is C19H17N3O6. The highest BCUT2D eigenvalue weighted by Gasteiger charge is 2.41. The van der Waals surface area contributed by atoms with Gasteiger partial charge in [0.1, 0.15) is 17.4 Å². The SMILES string of the molecule is CC(=O)c1c(C)oc(NC(=O)C(C)N2C(=O)c3ccccc3C2=O)c1C(N)=O. The van der Waals surface area contributed by atoms with E-state index in [9.17, 15) is 24.0 Å². The summed E-state index contributed by atoms with van der Waals surface area (Å²) in [6, 6.07) is 5.04. The number of hydrogen-bond acceptors (Lipinski definition) is 6. The van der Waals surface area contributed by atoms with Gasteiger partial charge in [-0.1, -0.05) is 12.1 Å². The Morgan fingerprint density at radius 2 is 1.61 bits per heavy atom. The number of nitrogens with zero attached hydrogens (tertiary/aromatic N) is 1. The number of imide groups is 1. The van der Waals surface area contributed by atoms with Gasteiger partial charge in [-0.15, -0.1) is 0 Å². The molecular weight excluding hydrogens is 366 g/mol. The summed E-state index contributed by atoms with van der Waals surface area (Å²) in [5.74, 6) is -3.57. The zero-order chi connectivity index (χ0) is 20.7. The molecule has 1 aliphatic rings. The average Bonchev–Trinajstić information content (AvgIpc) is 3.09. The van der Waals surface area contributed by atoms with Gasteiger partial charge in [0.25, 0.3) is 17.7 Å². The number of carbonyl (C=O) groups is 5. The van der Waals surface area contributed by atoms with E-state index < -0.39 is 35.5 Å². The number of Topliss-reactive ketones (excluding diaryl/α,β-unsaturated/α-hetero) is 1. The fourth-order valence-electron chi connectivity index (χ4n) is 3.18. The topological polar surface area (TPSA) is 140 Å². The maximum absolute atomic E-state index is 12.7. The van der Waals surface area contributed by atoms with E-state index in [0.29, 0.717) is 0 Å². The molecule has 1 unspecified atom stereocenters. The average molecular weight is 383 g/mol. The Morgan fingerprint density at radius 3 is 2.07 bits per heavy atom. The number of aryl methyl sites for hydroxylation is 1. The molecule has 0 aliphatic carbocycles. The summed E-state index contributed by atoms with van der Waals surface area (Å²) in [5.41, 5.74) is 5.45. The number of rotatable bonds is 5. The molecule has 9 nitrogen and oxygen atoms in total. The van der Waals surface area contributed by atoms with Crippen molar-refractivity contribution in [3.05, 3.63) is 52.3 Å². The smallest absolute Gasteiger partial charge is 0.262 e. The zero-order valence-electron chi connectivity index (χ0n) is 15.4. The molecule has 2 heterocycles. The van der Waals surface area contributed by atoms with Gasteiger partial charge in [-0.3, -0.25) is 34.2 Å². The number of carbonyl (C=O) groups excluding carboxylic acids is 5. The van der Waals surface area contributed by atoms with Crippen molar-refractivity contribution in [1.82, 2.24) is 4.90 Å². The fraction of sp³-hybridized carbons (Fsp3) is 0.211. The summed E-state index contributed by atoms with van der Waals surface area (Å²) in [6.07, 6.45) is 0. The van der Waals surface area contributed by atoms with E-state index in [0.717, 1.165) is 4.90 Å². The molecule has 3 N–H and O–H groups in total. The lowest BCUT2D eigenvalue weighted by Crippen LogP contribution is -2.45. The Morgan fingerprint density at radius 1 is 1.07 bits per heavy atom. The molecule has 1 atom stereocenters. The van der Waals surface area contributed by atoms with E-state index in [-0.39, 0.29) is 33.9 Å². The molecule has 0 saturated heterocycles. The van der Waals surface area contributed by atoms with Gasteiger partial charge in [-0.2, -0.15) is 0 Å². The van der Waals surface area contributed by atoms with Gasteiger partial charge in [0.15, 0.2) is 5.78 Å². The van der Waals surface area contributed by atoms with E-state index >= 15 is 0 Å². The van der Waals surface area contributed by atoms with E-state index in [4.69, 9.17) is 10.2 Å². The first-order chi connectivity index (χ1) is 13.1.